The van der Waals surface area contributed by atoms with Gasteiger partial charge in [0, 0.05) is 0 Å². The largest absolute Gasteiger partial charge is 0.489 e. The fourth-order valence-electron chi connectivity index (χ4n) is 1.44. The first-order chi connectivity index (χ1) is 7.65. The normalized spacial score (nSPS) is 10.8. The van der Waals surface area contributed by atoms with Gasteiger partial charge in [0.05, 0.1) is 12.3 Å². The highest BCUT2D eigenvalue weighted by molar-refractivity contribution is 5.52. The molecule has 0 amide bonds. The van der Waals surface area contributed by atoms with Crippen molar-refractivity contribution in [2.45, 2.75) is 26.9 Å². The Bertz CT molecular complexity index is 457. The third-order valence-electron chi connectivity index (χ3n) is 2.10. The molecule has 0 fully saturated rings. The van der Waals surface area contributed by atoms with Crippen molar-refractivity contribution >= 4 is 0 Å². The van der Waals surface area contributed by atoms with E-state index in [2.05, 4.69) is 4.98 Å². The summed E-state index contributed by atoms with van der Waals surface area (Å²) in [4.78, 5) is 4.30. The van der Waals surface area contributed by atoms with E-state index >= 15 is 0 Å². The highest BCUT2D eigenvalue weighted by Crippen LogP contribution is 2.21. The minimum Gasteiger partial charge on any atom is -0.489 e. The number of hydrogen-bond acceptors (Lipinski definition) is 3. The molecule has 0 radical (unpaired) electrons. The van der Waals surface area contributed by atoms with Crippen LogP contribution in [0.15, 0.2) is 34.9 Å². The second-order valence-electron chi connectivity index (χ2n) is 3.96. The lowest BCUT2D eigenvalue weighted by Gasteiger charge is -2.08. The maximum atomic E-state index is 5.52. The number of aryl methyl sites for hydroxylation is 1. The predicted molar refractivity (Wildman–Crippen MR) is 62.4 cm³/mol. The van der Waals surface area contributed by atoms with Gasteiger partial charge >= 0.3 is 0 Å². The highest BCUT2D eigenvalue weighted by atomic mass is 16.5. The van der Waals surface area contributed by atoms with E-state index in [1.54, 1.807) is 6.20 Å². The van der Waals surface area contributed by atoms with Crippen molar-refractivity contribution in [3.63, 3.8) is 0 Å². The molecule has 2 aromatic rings. The molecule has 16 heavy (non-hydrogen) atoms. The molecule has 0 unspecified atom stereocenters. The summed E-state index contributed by atoms with van der Waals surface area (Å²) in [5.74, 6) is 2.45. The molecule has 0 aliphatic rings. The van der Waals surface area contributed by atoms with Crippen molar-refractivity contribution in [2.24, 2.45) is 0 Å². The van der Waals surface area contributed by atoms with E-state index in [1.165, 1.54) is 0 Å². The Hall–Kier alpha value is -1.77. The van der Waals surface area contributed by atoms with Crippen molar-refractivity contribution in [3.8, 4) is 17.2 Å². The first-order valence-electron chi connectivity index (χ1n) is 5.34. The van der Waals surface area contributed by atoms with E-state index in [1.807, 2.05) is 45.0 Å². The molecule has 0 saturated heterocycles. The molecule has 0 bridgehead atoms. The SMILES string of the molecule is Cc1ccc(-c2ccc(OC(C)C)cn2)o1. The molecule has 0 atom stereocenters. The van der Waals surface area contributed by atoms with Crippen molar-refractivity contribution in [3.05, 3.63) is 36.2 Å². The van der Waals surface area contributed by atoms with Gasteiger partial charge in [-0.25, -0.2) is 4.98 Å². The van der Waals surface area contributed by atoms with Crippen LogP contribution in [0.1, 0.15) is 19.6 Å². The van der Waals surface area contributed by atoms with Crippen molar-refractivity contribution < 1.29 is 9.15 Å². The number of aromatic nitrogens is 1. The molecular weight excluding hydrogens is 202 g/mol. The monoisotopic (exact) mass is 217 g/mol. The zero-order valence-electron chi connectivity index (χ0n) is 9.73. The summed E-state index contributed by atoms with van der Waals surface area (Å²) in [5.41, 5.74) is 0.823. The Balaban J connectivity index is 2.19. The van der Waals surface area contributed by atoms with Crippen LogP contribution in [0.2, 0.25) is 0 Å². The molecule has 2 aromatic heterocycles. The van der Waals surface area contributed by atoms with E-state index in [-0.39, 0.29) is 6.10 Å². The van der Waals surface area contributed by atoms with Crippen LogP contribution in [0, 0.1) is 6.92 Å². The quantitative estimate of drug-likeness (QED) is 0.790. The van der Waals surface area contributed by atoms with Gasteiger partial charge in [-0.05, 0) is 45.0 Å². The van der Waals surface area contributed by atoms with E-state index in [9.17, 15) is 0 Å². The number of furan rings is 1. The lowest BCUT2D eigenvalue weighted by atomic mass is 10.3. The molecule has 0 aromatic carbocycles. The number of nitrogens with zero attached hydrogens (tertiary/aromatic N) is 1. The molecule has 3 heteroatoms. The second kappa shape index (κ2) is 4.39. The zero-order chi connectivity index (χ0) is 11.5. The topological polar surface area (TPSA) is 35.3 Å². The zero-order valence-corrected chi connectivity index (χ0v) is 9.73. The predicted octanol–water partition coefficient (Wildman–Crippen LogP) is 3.44. The standard InChI is InChI=1S/C13H15NO2/c1-9(2)15-11-5-6-12(14-8-11)13-7-4-10(3)16-13/h4-9H,1-3H3. The summed E-state index contributed by atoms with van der Waals surface area (Å²) in [5, 5.41) is 0. The van der Waals surface area contributed by atoms with Gasteiger partial charge in [-0.3, -0.25) is 0 Å². The lowest BCUT2D eigenvalue weighted by Crippen LogP contribution is -2.05. The van der Waals surface area contributed by atoms with Gasteiger partial charge < -0.3 is 9.15 Å². The van der Waals surface area contributed by atoms with Gasteiger partial charge in [-0.2, -0.15) is 0 Å². The summed E-state index contributed by atoms with van der Waals surface area (Å²) >= 11 is 0. The van der Waals surface area contributed by atoms with Crippen LogP contribution >= 0.6 is 0 Å². The van der Waals surface area contributed by atoms with Crippen molar-refractivity contribution in [1.29, 1.82) is 0 Å². The van der Waals surface area contributed by atoms with Crippen LogP contribution in [-0.4, -0.2) is 11.1 Å². The van der Waals surface area contributed by atoms with Gasteiger partial charge in [-0.15, -0.1) is 0 Å². The Kier molecular flexibility index (Phi) is 2.95. The van der Waals surface area contributed by atoms with Crippen LogP contribution in [0.4, 0.5) is 0 Å². The van der Waals surface area contributed by atoms with E-state index < -0.39 is 0 Å². The van der Waals surface area contributed by atoms with Crippen molar-refractivity contribution in [2.75, 3.05) is 0 Å². The number of rotatable bonds is 3. The summed E-state index contributed by atoms with van der Waals surface area (Å²) < 4.78 is 11.0. The average Bonchev–Trinajstić information content (AvgIpc) is 2.65. The minimum absolute atomic E-state index is 0.165. The van der Waals surface area contributed by atoms with Gasteiger partial charge in [0.25, 0.3) is 0 Å². The molecule has 84 valence electrons. The first kappa shape index (κ1) is 10.7. The molecule has 0 saturated carbocycles. The Morgan fingerprint density at radius 1 is 1.19 bits per heavy atom. The van der Waals surface area contributed by atoms with Crippen LogP contribution in [-0.2, 0) is 0 Å². The fraction of sp³-hybridized carbons (Fsp3) is 0.308. The smallest absolute Gasteiger partial charge is 0.152 e. The average molecular weight is 217 g/mol. The van der Waals surface area contributed by atoms with E-state index in [0.717, 1.165) is 23.0 Å². The Morgan fingerprint density at radius 2 is 2.00 bits per heavy atom. The maximum Gasteiger partial charge on any atom is 0.152 e. The molecule has 0 aliphatic carbocycles. The fourth-order valence-corrected chi connectivity index (χ4v) is 1.44. The Morgan fingerprint density at radius 3 is 2.50 bits per heavy atom. The first-order valence-corrected chi connectivity index (χ1v) is 5.34. The van der Waals surface area contributed by atoms with Gasteiger partial charge in [0.2, 0.25) is 0 Å². The van der Waals surface area contributed by atoms with Gasteiger partial charge in [0.15, 0.2) is 5.76 Å². The van der Waals surface area contributed by atoms with Crippen LogP contribution in [0.25, 0.3) is 11.5 Å². The van der Waals surface area contributed by atoms with Gasteiger partial charge in [0.1, 0.15) is 17.2 Å². The third kappa shape index (κ3) is 2.42. The number of pyridine rings is 1. The minimum atomic E-state index is 0.165. The molecule has 3 nitrogen and oxygen atoms in total. The van der Waals surface area contributed by atoms with Crippen LogP contribution in [0.3, 0.4) is 0 Å². The van der Waals surface area contributed by atoms with Crippen molar-refractivity contribution in [1.82, 2.24) is 4.98 Å². The molecule has 2 rings (SSSR count). The summed E-state index contributed by atoms with van der Waals surface area (Å²) in [6, 6.07) is 7.65. The summed E-state index contributed by atoms with van der Waals surface area (Å²) in [6.45, 7) is 5.90. The summed E-state index contributed by atoms with van der Waals surface area (Å²) in [7, 11) is 0. The third-order valence-corrected chi connectivity index (χ3v) is 2.10. The summed E-state index contributed by atoms with van der Waals surface area (Å²) in [6.07, 6.45) is 1.88. The molecule has 0 aliphatic heterocycles. The van der Waals surface area contributed by atoms with Crippen LogP contribution in [0.5, 0.6) is 5.75 Å². The molecule has 2 heterocycles. The molecule has 0 N–H and O–H groups in total. The molecule has 0 spiro atoms. The van der Waals surface area contributed by atoms with E-state index in [4.69, 9.17) is 9.15 Å². The Labute approximate surface area is 95.1 Å². The molecular formula is C13H15NO2. The second-order valence-corrected chi connectivity index (χ2v) is 3.96. The number of hydrogen-bond donors (Lipinski definition) is 0. The maximum absolute atomic E-state index is 5.52. The van der Waals surface area contributed by atoms with E-state index in [0.29, 0.717) is 0 Å². The highest BCUT2D eigenvalue weighted by Gasteiger charge is 2.04. The van der Waals surface area contributed by atoms with Crippen LogP contribution < -0.4 is 4.74 Å². The van der Waals surface area contributed by atoms with Gasteiger partial charge in [-0.1, -0.05) is 0 Å². The lowest BCUT2D eigenvalue weighted by molar-refractivity contribution is 0.241. The number of ether oxygens (including phenoxy) is 1.